The van der Waals surface area contributed by atoms with Crippen molar-refractivity contribution in [3.05, 3.63) is 64.5 Å². The zero-order valence-corrected chi connectivity index (χ0v) is 13.2. The van der Waals surface area contributed by atoms with Gasteiger partial charge in [0.1, 0.15) is 5.82 Å². The summed E-state index contributed by atoms with van der Waals surface area (Å²) in [5, 5.41) is 6.00. The maximum absolute atomic E-state index is 12.8. The topological polar surface area (TPSA) is 41.1 Å². The van der Waals surface area contributed by atoms with Crippen molar-refractivity contribution in [2.24, 2.45) is 0 Å². The van der Waals surface area contributed by atoms with Crippen molar-refractivity contribution in [3.8, 4) is 0 Å². The van der Waals surface area contributed by atoms with Crippen molar-refractivity contribution in [2.45, 2.75) is 27.3 Å². The van der Waals surface area contributed by atoms with E-state index < -0.39 is 0 Å². The summed E-state index contributed by atoms with van der Waals surface area (Å²) in [5.41, 5.74) is 5.12. The molecule has 0 aliphatic carbocycles. The molecule has 2 aromatic rings. The van der Waals surface area contributed by atoms with E-state index in [1.807, 2.05) is 20.8 Å². The van der Waals surface area contributed by atoms with Crippen LogP contribution in [0.2, 0.25) is 0 Å². The van der Waals surface area contributed by atoms with Crippen molar-refractivity contribution < 1.29 is 9.18 Å². The Morgan fingerprint density at radius 1 is 1.05 bits per heavy atom. The number of nitrogens with one attached hydrogen (secondary N) is 2. The highest BCUT2D eigenvalue weighted by Crippen LogP contribution is 2.21. The molecule has 1 amide bonds. The predicted octanol–water partition coefficient (Wildman–Crippen LogP) is 3.48. The highest BCUT2D eigenvalue weighted by atomic mass is 19.1. The van der Waals surface area contributed by atoms with Gasteiger partial charge in [0.25, 0.3) is 0 Å². The SMILES string of the molecule is Cc1cc(C)c(NC(=O)CNCc2ccc(F)cc2)c(C)c1. The predicted molar refractivity (Wildman–Crippen MR) is 87.4 cm³/mol. The van der Waals surface area contributed by atoms with Gasteiger partial charge in [-0.15, -0.1) is 0 Å². The second-order valence-corrected chi connectivity index (χ2v) is 5.55. The van der Waals surface area contributed by atoms with Crippen LogP contribution in [0.4, 0.5) is 10.1 Å². The van der Waals surface area contributed by atoms with Crippen LogP contribution in [-0.2, 0) is 11.3 Å². The van der Waals surface area contributed by atoms with Crippen LogP contribution in [0, 0.1) is 26.6 Å². The molecule has 0 radical (unpaired) electrons. The highest BCUT2D eigenvalue weighted by molar-refractivity contribution is 5.93. The van der Waals surface area contributed by atoms with Crippen molar-refractivity contribution >= 4 is 11.6 Å². The van der Waals surface area contributed by atoms with Gasteiger partial charge in [-0.1, -0.05) is 29.8 Å². The lowest BCUT2D eigenvalue weighted by molar-refractivity contribution is -0.115. The first-order valence-electron chi connectivity index (χ1n) is 7.28. The van der Waals surface area contributed by atoms with Crippen molar-refractivity contribution in [3.63, 3.8) is 0 Å². The molecule has 2 rings (SSSR count). The molecule has 2 N–H and O–H groups in total. The molecule has 0 fully saturated rings. The van der Waals surface area contributed by atoms with Crippen LogP contribution in [0.1, 0.15) is 22.3 Å². The minimum atomic E-state index is -0.258. The molecule has 0 saturated heterocycles. The lowest BCUT2D eigenvalue weighted by Crippen LogP contribution is -2.28. The molecule has 22 heavy (non-hydrogen) atoms. The molecule has 0 atom stereocenters. The first kappa shape index (κ1) is 16.2. The number of aryl methyl sites for hydroxylation is 3. The third kappa shape index (κ3) is 4.40. The Morgan fingerprint density at radius 2 is 1.64 bits per heavy atom. The fourth-order valence-corrected chi connectivity index (χ4v) is 2.48. The largest absolute Gasteiger partial charge is 0.324 e. The number of halogens is 1. The zero-order valence-electron chi connectivity index (χ0n) is 13.2. The number of amides is 1. The average Bonchev–Trinajstić information content (AvgIpc) is 2.45. The number of anilines is 1. The van der Waals surface area contributed by atoms with E-state index in [0.717, 1.165) is 22.4 Å². The first-order valence-corrected chi connectivity index (χ1v) is 7.28. The normalized spacial score (nSPS) is 10.5. The molecular weight excluding hydrogens is 279 g/mol. The summed E-state index contributed by atoms with van der Waals surface area (Å²) in [6, 6.07) is 10.3. The molecule has 0 bridgehead atoms. The summed E-state index contributed by atoms with van der Waals surface area (Å²) >= 11 is 0. The van der Waals surface area contributed by atoms with E-state index in [-0.39, 0.29) is 18.3 Å². The Hall–Kier alpha value is -2.20. The Bertz CT molecular complexity index is 642. The summed E-state index contributed by atoms with van der Waals surface area (Å²) in [4.78, 5) is 12.0. The fraction of sp³-hybridized carbons (Fsp3) is 0.278. The van der Waals surface area contributed by atoms with E-state index >= 15 is 0 Å². The average molecular weight is 300 g/mol. The lowest BCUT2D eigenvalue weighted by Gasteiger charge is -2.13. The number of carbonyl (C=O) groups is 1. The zero-order chi connectivity index (χ0) is 16.1. The van der Waals surface area contributed by atoms with Gasteiger partial charge in [0.2, 0.25) is 5.91 Å². The summed E-state index contributed by atoms with van der Waals surface area (Å²) in [7, 11) is 0. The quantitative estimate of drug-likeness (QED) is 0.887. The summed E-state index contributed by atoms with van der Waals surface area (Å²) < 4.78 is 12.8. The monoisotopic (exact) mass is 300 g/mol. The molecule has 3 nitrogen and oxygen atoms in total. The van der Waals surface area contributed by atoms with Crippen LogP contribution in [0.3, 0.4) is 0 Å². The molecule has 0 aromatic heterocycles. The minimum Gasteiger partial charge on any atom is -0.324 e. The Morgan fingerprint density at radius 3 is 2.23 bits per heavy atom. The van der Waals surface area contributed by atoms with Gasteiger partial charge in [0.05, 0.1) is 6.54 Å². The maximum atomic E-state index is 12.8. The minimum absolute atomic E-state index is 0.0860. The molecule has 0 unspecified atom stereocenters. The van der Waals surface area contributed by atoms with E-state index in [9.17, 15) is 9.18 Å². The van der Waals surface area contributed by atoms with Crippen molar-refractivity contribution in [1.29, 1.82) is 0 Å². The number of hydrogen-bond donors (Lipinski definition) is 2. The van der Waals surface area contributed by atoms with Crippen LogP contribution >= 0.6 is 0 Å². The van der Waals surface area contributed by atoms with E-state index in [0.29, 0.717) is 6.54 Å². The second kappa shape index (κ2) is 7.18. The van der Waals surface area contributed by atoms with Crippen LogP contribution < -0.4 is 10.6 Å². The fourth-order valence-electron chi connectivity index (χ4n) is 2.48. The molecule has 0 aliphatic heterocycles. The van der Waals surface area contributed by atoms with E-state index in [2.05, 4.69) is 22.8 Å². The molecule has 0 saturated carbocycles. The second-order valence-electron chi connectivity index (χ2n) is 5.55. The van der Waals surface area contributed by atoms with E-state index in [1.54, 1.807) is 12.1 Å². The van der Waals surface area contributed by atoms with Crippen molar-refractivity contribution in [1.82, 2.24) is 5.32 Å². The van der Waals surface area contributed by atoms with Crippen LogP contribution in [-0.4, -0.2) is 12.5 Å². The molecular formula is C18H21FN2O. The van der Waals surface area contributed by atoms with E-state index in [1.165, 1.54) is 17.7 Å². The van der Waals surface area contributed by atoms with Crippen LogP contribution in [0.25, 0.3) is 0 Å². The molecule has 0 spiro atoms. The first-order chi connectivity index (χ1) is 10.5. The maximum Gasteiger partial charge on any atom is 0.238 e. The van der Waals surface area contributed by atoms with Crippen LogP contribution in [0.5, 0.6) is 0 Å². The van der Waals surface area contributed by atoms with Gasteiger partial charge in [-0.2, -0.15) is 0 Å². The van der Waals surface area contributed by atoms with Gasteiger partial charge in [-0.3, -0.25) is 4.79 Å². The van der Waals surface area contributed by atoms with Gasteiger partial charge in [-0.25, -0.2) is 4.39 Å². The van der Waals surface area contributed by atoms with Crippen LogP contribution in [0.15, 0.2) is 36.4 Å². The number of hydrogen-bond acceptors (Lipinski definition) is 2. The molecule has 4 heteroatoms. The third-order valence-corrected chi connectivity index (χ3v) is 3.47. The summed E-state index contributed by atoms with van der Waals surface area (Å²) in [6.45, 7) is 6.75. The van der Waals surface area contributed by atoms with Gasteiger partial charge < -0.3 is 10.6 Å². The third-order valence-electron chi connectivity index (χ3n) is 3.47. The standard InChI is InChI=1S/C18H21FN2O/c1-12-8-13(2)18(14(3)9-12)21-17(22)11-20-10-15-4-6-16(19)7-5-15/h4-9,20H,10-11H2,1-3H3,(H,21,22). The van der Waals surface area contributed by atoms with Crippen molar-refractivity contribution in [2.75, 3.05) is 11.9 Å². The lowest BCUT2D eigenvalue weighted by atomic mass is 10.1. The Labute approximate surface area is 130 Å². The molecule has 0 aliphatic rings. The van der Waals surface area contributed by atoms with Gasteiger partial charge in [0.15, 0.2) is 0 Å². The Balaban J connectivity index is 1.87. The van der Waals surface area contributed by atoms with E-state index in [4.69, 9.17) is 0 Å². The van der Waals surface area contributed by atoms with Gasteiger partial charge in [-0.05, 0) is 49.6 Å². The smallest absolute Gasteiger partial charge is 0.238 e. The number of rotatable bonds is 5. The molecule has 116 valence electrons. The number of carbonyl (C=O) groups excluding carboxylic acids is 1. The summed E-state index contributed by atoms with van der Waals surface area (Å²) in [6.07, 6.45) is 0. The summed E-state index contributed by atoms with van der Waals surface area (Å²) in [5.74, 6) is -0.344. The number of benzene rings is 2. The molecule has 2 aromatic carbocycles. The van der Waals surface area contributed by atoms with Gasteiger partial charge >= 0.3 is 0 Å². The Kier molecular flexibility index (Phi) is 5.28. The van der Waals surface area contributed by atoms with Gasteiger partial charge in [0, 0.05) is 12.2 Å². The molecule has 0 heterocycles. The highest BCUT2D eigenvalue weighted by Gasteiger charge is 2.08.